The molecule has 0 radical (unpaired) electrons. The van der Waals surface area contributed by atoms with Gasteiger partial charge in [-0.25, -0.2) is 4.98 Å². The Hall–Kier alpha value is -2.25. The quantitative estimate of drug-likeness (QED) is 0.412. The highest BCUT2D eigenvalue weighted by molar-refractivity contribution is 7.19. The largest absolute Gasteiger partial charge is 0.339 e. The number of hydrogen-bond donors (Lipinski definition) is 1. The van der Waals surface area contributed by atoms with Gasteiger partial charge in [-0.3, -0.25) is 10.1 Å². The number of benzene rings is 1. The molecular formula is C16H13ClN4O2S. The number of aromatic nitrogens is 2. The van der Waals surface area contributed by atoms with Crippen molar-refractivity contribution in [3.05, 3.63) is 49.6 Å². The number of nitrogens with zero attached hydrogens (tertiary/aromatic N) is 3. The van der Waals surface area contributed by atoms with Gasteiger partial charge in [-0.05, 0) is 48.9 Å². The van der Waals surface area contributed by atoms with Crippen molar-refractivity contribution in [2.24, 2.45) is 0 Å². The van der Waals surface area contributed by atoms with Crippen LogP contribution in [0.4, 0.5) is 17.2 Å². The molecule has 1 aliphatic rings. The SMILES string of the molecule is Cc1ccc([N+](=O)[O-])cc1Nc1nc(Cl)nc2sc3c(c12)CCC3. The maximum absolute atomic E-state index is 11.0. The van der Waals surface area contributed by atoms with Crippen molar-refractivity contribution < 1.29 is 4.92 Å². The Kier molecular flexibility index (Phi) is 3.62. The van der Waals surface area contributed by atoms with Crippen molar-refractivity contribution in [2.75, 3.05) is 5.32 Å². The Labute approximate surface area is 146 Å². The first kappa shape index (κ1) is 15.3. The normalized spacial score (nSPS) is 13.2. The molecule has 1 aromatic carbocycles. The van der Waals surface area contributed by atoms with Crippen LogP contribution in [-0.2, 0) is 12.8 Å². The molecule has 0 atom stereocenters. The van der Waals surface area contributed by atoms with Gasteiger partial charge in [0.25, 0.3) is 5.69 Å². The molecule has 0 bridgehead atoms. The minimum absolute atomic E-state index is 0.0371. The van der Waals surface area contributed by atoms with Crippen molar-refractivity contribution in [2.45, 2.75) is 26.2 Å². The molecule has 0 saturated heterocycles. The van der Waals surface area contributed by atoms with Gasteiger partial charge in [0.15, 0.2) is 0 Å². The van der Waals surface area contributed by atoms with Crippen LogP contribution in [0.3, 0.4) is 0 Å². The molecule has 3 aromatic rings. The zero-order valence-electron chi connectivity index (χ0n) is 12.8. The molecule has 0 saturated carbocycles. The number of non-ortho nitro benzene ring substituents is 1. The van der Waals surface area contributed by atoms with Gasteiger partial charge in [0, 0.05) is 22.7 Å². The summed E-state index contributed by atoms with van der Waals surface area (Å²) in [4.78, 5) is 21.5. The maximum Gasteiger partial charge on any atom is 0.271 e. The molecule has 0 fully saturated rings. The van der Waals surface area contributed by atoms with Crippen LogP contribution in [0.1, 0.15) is 22.4 Å². The smallest absolute Gasteiger partial charge is 0.271 e. The molecule has 0 aliphatic heterocycles. The number of anilines is 2. The number of rotatable bonds is 3. The van der Waals surface area contributed by atoms with Crippen molar-refractivity contribution in [3.8, 4) is 0 Å². The van der Waals surface area contributed by atoms with Gasteiger partial charge in [0.1, 0.15) is 10.6 Å². The summed E-state index contributed by atoms with van der Waals surface area (Å²) in [5.41, 5.74) is 2.86. The van der Waals surface area contributed by atoms with E-state index in [1.54, 1.807) is 17.4 Å². The van der Waals surface area contributed by atoms with Crippen molar-refractivity contribution in [1.29, 1.82) is 0 Å². The Morgan fingerprint density at radius 3 is 2.96 bits per heavy atom. The first-order valence-corrected chi connectivity index (χ1v) is 8.72. The molecular weight excluding hydrogens is 348 g/mol. The first-order valence-electron chi connectivity index (χ1n) is 7.53. The number of thiophene rings is 1. The van der Waals surface area contributed by atoms with Crippen LogP contribution < -0.4 is 5.32 Å². The third kappa shape index (κ3) is 2.50. The highest BCUT2D eigenvalue weighted by Gasteiger charge is 2.22. The summed E-state index contributed by atoms with van der Waals surface area (Å²) in [6, 6.07) is 4.73. The second-order valence-corrected chi connectivity index (χ2v) is 7.18. The Morgan fingerprint density at radius 1 is 1.33 bits per heavy atom. The highest BCUT2D eigenvalue weighted by Crippen LogP contribution is 2.41. The molecule has 4 rings (SSSR count). The van der Waals surface area contributed by atoms with Crippen LogP contribution >= 0.6 is 22.9 Å². The Morgan fingerprint density at radius 2 is 2.17 bits per heavy atom. The van der Waals surface area contributed by atoms with Crippen LogP contribution in [0.2, 0.25) is 5.28 Å². The number of aryl methyl sites for hydroxylation is 3. The minimum atomic E-state index is -0.407. The molecule has 0 spiro atoms. The van der Waals surface area contributed by atoms with Crippen LogP contribution in [0.25, 0.3) is 10.2 Å². The summed E-state index contributed by atoms with van der Waals surface area (Å²) >= 11 is 7.72. The fourth-order valence-corrected chi connectivity index (χ4v) is 4.53. The van der Waals surface area contributed by atoms with Crippen molar-refractivity contribution >= 4 is 50.3 Å². The summed E-state index contributed by atoms with van der Waals surface area (Å²) in [6.45, 7) is 1.89. The monoisotopic (exact) mass is 360 g/mol. The summed E-state index contributed by atoms with van der Waals surface area (Å²) in [7, 11) is 0. The second-order valence-electron chi connectivity index (χ2n) is 5.76. The number of fused-ring (bicyclic) bond motifs is 3. The molecule has 2 aromatic heterocycles. The van der Waals surface area contributed by atoms with Gasteiger partial charge < -0.3 is 5.32 Å². The van der Waals surface area contributed by atoms with Gasteiger partial charge in [-0.15, -0.1) is 11.3 Å². The standard InChI is InChI=1S/C16H13ClN4O2S/c1-8-5-6-9(21(22)23)7-11(8)18-14-13-10-3-2-4-12(10)24-15(13)20-16(17)19-14/h5-7H,2-4H2,1H3,(H,18,19,20). The van der Waals surface area contributed by atoms with Crippen LogP contribution in [0.15, 0.2) is 18.2 Å². The molecule has 24 heavy (non-hydrogen) atoms. The van der Waals surface area contributed by atoms with E-state index in [1.807, 2.05) is 6.92 Å². The van der Waals surface area contributed by atoms with Gasteiger partial charge in [0.2, 0.25) is 5.28 Å². The summed E-state index contributed by atoms with van der Waals surface area (Å²) in [6.07, 6.45) is 3.20. The van der Waals surface area contributed by atoms with E-state index >= 15 is 0 Å². The molecule has 0 amide bonds. The summed E-state index contributed by atoms with van der Waals surface area (Å²) in [5.74, 6) is 0.619. The van der Waals surface area contributed by atoms with E-state index in [-0.39, 0.29) is 11.0 Å². The van der Waals surface area contributed by atoms with Crippen LogP contribution in [0, 0.1) is 17.0 Å². The lowest BCUT2D eigenvalue weighted by Gasteiger charge is -2.11. The lowest BCUT2D eigenvalue weighted by Crippen LogP contribution is -2.00. The molecule has 0 unspecified atom stereocenters. The lowest BCUT2D eigenvalue weighted by molar-refractivity contribution is -0.384. The van der Waals surface area contributed by atoms with E-state index in [1.165, 1.54) is 22.6 Å². The third-order valence-electron chi connectivity index (χ3n) is 4.22. The molecule has 122 valence electrons. The summed E-state index contributed by atoms with van der Waals surface area (Å²) in [5, 5.41) is 15.4. The van der Waals surface area contributed by atoms with Gasteiger partial charge >= 0.3 is 0 Å². The topological polar surface area (TPSA) is 81.0 Å². The molecule has 1 aliphatic carbocycles. The first-order chi connectivity index (χ1) is 11.5. The van der Waals surface area contributed by atoms with E-state index in [0.717, 1.165) is 35.0 Å². The van der Waals surface area contributed by atoms with Crippen LogP contribution in [-0.4, -0.2) is 14.9 Å². The van der Waals surface area contributed by atoms with E-state index in [4.69, 9.17) is 11.6 Å². The Bertz CT molecular complexity index is 986. The lowest BCUT2D eigenvalue weighted by atomic mass is 10.1. The number of nitro groups is 1. The fourth-order valence-electron chi connectivity index (χ4n) is 3.05. The van der Waals surface area contributed by atoms with Crippen LogP contribution in [0.5, 0.6) is 0 Å². The predicted octanol–water partition coefficient (Wildman–Crippen LogP) is 4.79. The number of nitrogens with one attached hydrogen (secondary N) is 1. The minimum Gasteiger partial charge on any atom is -0.339 e. The number of nitro benzene ring substituents is 1. The zero-order chi connectivity index (χ0) is 16.8. The van der Waals surface area contributed by atoms with E-state index in [2.05, 4.69) is 15.3 Å². The fraction of sp³-hybridized carbons (Fsp3) is 0.250. The molecule has 1 N–H and O–H groups in total. The average Bonchev–Trinajstić information content (AvgIpc) is 3.09. The molecule has 6 nitrogen and oxygen atoms in total. The van der Waals surface area contributed by atoms with Crippen molar-refractivity contribution in [1.82, 2.24) is 9.97 Å². The number of hydrogen-bond acceptors (Lipinski definition) is 6. The van der Waals surface area contributed by atoms with Crippen molar-refractivity contribution in [3.63, 3.8) is 0 Å². The van der Waals surface area contributed by atoms with E-state index in [0.29, 0.717) is 11.5 Å². The number of halogens is 1. The Balaban J connectivity index is 1.86. The van der Waals surface area contributed by atoms with E-state index < -0.39 is 4.92 Å². The van der Waals surface area contributed by atoms with E-state index in [9.17, 15) is 10.1 Å². The molecule has 2 heterocycles. The summed E-state index contributed by atoms with van der Waals surface area (Å²) < 4.78 is 0. The second kappa shape index (κ2) is 5.68. The van der Waals surface area contributed by atoms with Gasteiger partial charge in [0.05, 0.1) is 10.3 Å². The zero-order valence-corrected chi connectivity index (χ0v) is 14.4. The maximum atomic E-state index is 11.0. The van der Waals surface area contributed by atoms with Gasteiger partial charge in [-0.2, -0.15) is 4.98 Å². The predicted molar refractivity (Wildman–Crippen MR) is 95.6 cm³/mol. The molecule has 8 heteroatoms. The average molecular weight is 361 g/mol. The highest BCUT2D eigenvalue weighted by atomic mass is 35.5. The van der Waals surface area contributed by atoms with Gasteiger partial charge in [-0.1, -0.05) is 6.07 Å². The third-order valence-corrected chi connectivity index (χ3v) is 5.58.